The lowest BCUT2D eigenvalue weighted by Crippen LogP contribution is -2.22. The topological polar surface area (TPSA) is 87.0 Å². The molecule has 1 N–H and O–H groups in total. The summed E-state index contributed by atoms with van der Waals surface area (Å²) in [7, 11) is 4.59. The van der Waals surface area contributed by atoms with Gasteiger partial charge in [-0.05, 0) is 24.3 Å². The van der Waals surface area contributed by atoms with Gasteiger partial charge in [0.05, 0.1) is 39.4 Å². The summed E-state index contributed by atoms with van der Waals surface area (Å²) < 4.78 is 17.1. The van der Waals surface area contributed by atoms with Gasteiger partial charge in [-0.25, -0.2) is 0 Å². The van der Waals surface area contributed by atoms with E-state index in [4.69, 9.17) is 25.8 Å². The second-order valence-corrected chi connectivity index (χ2v) is 6.13. The van der Waals surface area contributed by atoms with Crippen LogP contribution in [0.4, 0.5) is 5.69 Å². The van der Waals surface area contributed by atoms with Crippen molar-refractivity contribution in [3.05, 3.63) is 69.6 Å². The molecule has 3 rings (SSSR count). The average Bonchev–Trinajstić information content (AvgIpc) is 2.76. The van der Waals surface area contributed by atoms with E-state index in [2.05, 4.69) is 15.6 Å². The molecule has 1 heterocycles. The van der Waals surface area contributed by atoms with Gasteiger partial charge in [0.1, 0.15) is 10.7 Å². The van der Waals surface area contributed by atoms with E-state index in [-0.39, 0.29) is 10.7 Å². The second kappa shape index (κ2) is 9.11. The fraction of sp³-hybridized carbons (Fsp3) is 0.150. The van der Waals surface area contributed by atoms with Crippen LogP contribution in [0.25, 0.3) is 5.69 Å². The van der Waals surface area contributed by atoms with Gasteiger partial charge in [0, 0.05) is 5.56 Å². The molecule has 29 heavy (non-hydrogen) atoms. The molecular formula is C20H19ClN4O4. The summed E-state index contributed by atoms with van der Waals surface area (Å²) >= 11 is 6.20. The molecule has 1 aromatic heterocycles. The summed E-state index contributed by atoms with van der Waals surface area (Å²) in [5.41, 5.74) is 3.87. The summed E-state index contributed by atoms with van der Waals surface area (Å²) in [5, 5.41) is 8.24. The number of aromatic nitrogens is 2. The van der Waals surface area contributed by atoms with Crippen LogP contribution in [0.3, 0.4) is 0 Å². The Labute approximate surface area is 172 Å². The zero-order valence-corrected chi connectivity index (χ0v) is 16.8. The Morgan fingerprint density at radius 3 is 2.31 bits per heavy atom. The highest BCUT2D eigenvalue weighted by Crippen LogP contribution is 2.37. The highest BCUT2D eigenvalue weighted by atomic mass is 35.5. The molecule has 3 aromatic rings. The lowest BCUT2D eigenvalue weighted by molar-refractivity contribution is 0.324. The van der Waals surface area contributed by atoms with E-state index in [1.807, 2.05) is 18.2 Å². The number of nitrogens with one attached hydrogen (secondary N) is 1. The van der Waals surface area contributed by atoms with Crippen molar-refractivity contribution < 1.29 is 14.2 Å². The second-order valence-electron chi connectivity index (χ2n) is 5.75. The molecule has 0 amide bonds. The summed E-state index contributed by atoms with van der Waals surface area (Å²) in [5.74, 6) is 1.48. The molecule has 0 radical (unpaired) electrons. The molecule has 0 aliphatic heterocycles. The van der Waals surface area contributed by atoms with Gasteiger partial charge in [0.2, 0.25) is 5.75 Å². The van der Waals surface area contributed by atoms with E-state index in [1.165, 1.54) is 38.4 Å². The number of methoxy groups -OCH3 is 3. The fourth-order valence-electron chi connectivity index (χ4n) is 2.62. The minimum absolute atomic E-state index is 0.0223. The van der Waals surface area contributed by atoms with Crippen LogP contribution in [0, 0.1) is 0 Å². The number of hydrogen-bond donors (Lipinski definition) is 1. The predicted octanol–water partition coefficient (Wildman–Crippen LogP) is 3.36. The lowest BCUT2D eigenvalue weighted by Gasteiger charge is -2.12. The third kappa shape index (κ3) is 4.33. The molecule has 0 spiro atoms. The van der Waals surface area contributed by atoms with Crippen molar-refractivity contribution in [2.24, 2.45) is 5.10 Å². The number of nitrogens with zero attached hydrogens (tertiary/aromatic N) is 3. The molecule has 0 fully saturated rings. The van der Waals surface area contributed by atoms with Gasteiger partial charge in [0.25, 0.3) is 5.56 Å². The van der Waals surface area contributed by atoms with Gasteiger partial charge in [-0.3, -0.25) is 10.2 Å². The van der Waals surface area contributed by atoms with Crippen molar-refractivity contribution in [1.82, 2.24) is 9.78 Å². The molecule has 0 saturated carbocycles. The van der Waals surface area contributed by atoms with E-state index in [9.17, 15) is 4.79 Å². The number of rotatable bonds is 7. The van der Waals surface area contributed by atoms with Gasteiger partial charge in [-0.2, -0.15) is 14.9 Å². The number of anilines is 1. The van der Waals surface area contributed by atoms with Crippen molar-refractivity contribution in [3.63, 3.8) is 0 Å². The van der Waals surface area contributed by atoms with E-state index < -0.39 is 5.56 Å². The van der Waals surface area contributed by atoms with Gasteiger partial charge in [-0.15, -0.1) is 0 Å². The molecule has 0 unspecified atom stereocenters. The van der Waals surface area contributed by atoms with Crippen molar-refractivity contribution in [3.8, 4) is 22.9 Å². The molecule has 0 saturated heterocycles. The van der Waals surface area contributed by atoms with Crippen LogP contribution in [0.2, 0.25) is 5.02 Å². The molecular weight excluding hydrogens is 396 g/mol. The van der Waals surface area contributed by atoms with E-state index >= 15 is 0 Å². The van der Waals surface area contributed by atoms with E-state index in [1.54, 1.807) is 24.3 Å². The number of halogens is 1. The van der Waals surface area contributed by atoms with Crippen LogP contribution >= 0.6 is 11.6 Å². The maximum absolute atomic E-state index is 12.5. The summed E-state index contributed by atoms with van der Waals surface area (Å²) in [6.07, 6.45) is 2.97. The third-order valence-electron chi connectivity index (χ3n) is 4.01. The summed E-state index contributed by atoms with van der Waals surface area (Å²) in [4.78, 5) is 12.5. The van der Waals surface area contributed by atoms with Crippen molar-refractivity contribution >= 4 is 23.5 Å². The number of para-hydroxylation sites is 1. The third-order valence-corrected chi connectivity index (χ3v) is 4.37. The monoisotopic (exact) mass is 414 g/mol. The van der Waals surface area contributed by atoms with Gasteiger partial charge >= 0.3 is 0 Å². The van der Waals surface area contributed by atoms with Crippen LogP contribution < -0.4 is 25.2 Å². The average molecular weight is 415 g/mol. The molecule has 0 aliphatic carbocycles. The van der Waals surface area contributed by atoms with Crippen LogP contribution in [-0.4, -0.2) is 37.3 Å². The Bertz CT molecular complexity index is 1060. The Morgan fingerprint density at radius 1 is 1.07 bits per heavy atom. The van der Waals surface area contributed by atoms with E-state index in [0.717, 1.165) is 0 Å². The standard InChI is InChI=1S/C20H19ClN4O4/c1-27-16-9-13(10-17(28-2)19(16)29-3)11-22-24-15-12-23-25(20(26)18(15)21)14-7-5-4-6-8-14/h4-12,24H,1-3H3/b22-11+. The Kier molecular flexibility index (Phi) is 6.36. The largest absolute Gasteiger partial charge is 0.493 e. The van der Waals surface area contributed by atoms with Gasteiger partial charge < -0.3 is 14.2 Å². The minimum atomic E-state index is -0.453. The Balaban J connectivity index is 1.84. The zero-order chi connectivity index (χ0) is 20.8. The zero-order valence-electron chi connectivity index (χ0n) is 16.0. The molecule has 8 nitrogen and oxygen atoms in total. The van der Waals surface area contributed by atoms with Crippen molar-refractivity contribution in [2.75, 3.05) is 26.8 Å². The van der Waals surface area contributed by atoms with Crippen molar-refractivity contribution in [2.45, 2.75) is 0 Å². The first-order valence-electron chi connectivity index (χ1n) is 8.51. The van der Waals surface area contributed by atoms with E-state index in [0.29, 0.717) is 28.5 Å². The minimum Gasteiger partial charge on any atom is -0.493 e. The number of hydrazone groups is 1. The maximum Gasteiger partial charge on any atom is 0.292 e. The van der Waals surface area contributed by atoms with Crippen LogP contribution in [-0.2, 0) is 0 Å². The molecule has 0 aliphatic rings. The quantitative estimate of drug-likeness (QED) is 0.471. The maximum atomic E-state index is 12.5. The Morgan fingerprint density at radius 2 is 1.72 bits per heavy atom. The molecule has 2 aromatic carbocycles. The van der Waals surface area contributed by atoms with Crippen molar-refractivity contribution in [1.29, 1.82) is 0 Å². The molecule has 150 valence electrons. The molecule has 0 bridgehead atoms. The first-order valence-corrected chi connectivity index (χ1v) is 8.89. The van der Waals surface area contributed by atoms with Crippen LogP contribution in [0.1, 0.15) is 5.56 Å². The number of ether oxygens (including phenoxy) is 3. The van der Waals surface area contributed by atoms with Gasteiger partial charge in [0.15, 0.2) is 11.5 Å². The summed E-state index contributed by atoms with van der Waals surface area (Å²) in [6.45, 7) is 0. The fourth-order valence-corrected chi connectivity index (χ4v) is 2.79. The highest BCUT2D eigenvalue weighted by molar-refractivity contribution is 6.32. The SMILES string of the molecule is COc1cc(/C=N/Nc2cnn(-c3ccccc3)c(=O)c2Cl)cc(OC)c1OC. The normalized spacial score (nSPS) is 10.8. The Hall–Kier alpha value is -3.52. The number of benzene rings is 2. The number of hydrogen-bond acceptors (Lipinski definition) is 7. The molecule has 9 heteroatoms. The lowest BCUT2D eigenvalue weighted by atomic mass is 10.2. The highest BCUT2D eigenvalue weighted by Gasteiger charge is 2.13. The summed E-state index contributed by atoms with van der Waals surface area (Å²) in [6, 6.07) is 12.5. The first kappa shape index (κ1) is 20.2. The first-order chi connectivity index (χ1) is 14.1. The van der Waals surface area contributed by atoms with Crippen LogP contribution in [0.5, 0.6) is 17.2 Å². The molecule has 0 atom stereocenters. The van der Waals surface area contributed by atoms with Gasteiger partial charge in [-0.1, -0.05) is 29.8 Å². The predicted molar refractivity (Wildman–Crippen MR) is 112 cm³/mol. The smallest absolute Gasteiger partial charge is 0.292 e. The van der Waals surface area contributed by atoms with Crippen LogP contribution in [0.15, 0.2) is 58.6 Å².